The van der Waals surface area contributed by atoms with Crippen LogP contribution in [0.25, 0.3) is 0 Å². The van der Waals surface area contributed by atoms with Gasteiger partial charge < -0.3 is 0 Å². The quantitative estimate of drug-likeness (QED) is 0.662. The smallest absolute Gasteiger partial charge is 0.0670 e. The molecule has 1 aromatic carbocycles. The molecule has 0 spiro atoms. The fourth-order valence-corrected chi connectivity index (χ4v) is 1.72. The van der Waals surface area contributed by atoms with Crippen molar-refractivity contribution in [3.05, 3.63) is 28.8 Å². The van der Waals surface area contributed by atoms with Gasteiger partial charge in [-0.25, -0.2) is 0 Å². The molecule has 0 saturated carbocycles. The van der Waals surface area contributed by atoms with Crippen LogP contribution in [0.4, 0.5) is 5.69 Å². The highest BCUT2D eigenvalue weighted by Gasteiger charge is 2.18. The maximum Gasteiger partial charge on any atom is 0.0670 e. The summed E-state index contributed by atoms with van der Waals surface area (Å²) in [6, 6.07) is 5.88. The van der Waals surface area contributed by atoms with E-state index >= 15 is 0 Å². The maximum absolute atomic E-state index is 5.85. The van der Waals surface area contributed by atoms with Gasteiger partial charge in [-0.05, 0) is 30.2 Å². The summed E-state index contributed by atoms with van der Waals surface area (Å²) in [5, 5.41) is 2.68. The first-order chi connectivity index (χ1) is 5.81. The Hall–Kier alpha value is -0.730. The van der Waals surface area contributed by atoms with E-state index in [1.807, 2.05) is 23.3 Å². The highest BCUT2D eigenvalue weighted by molar-refractivity contribution is 6.30. The molecule has 0 radical (unpaired) electrons. The largest absolute Gasteiger partial charge is 0.277 e. The Morgan fingerprint density at radius 2 is 2.33 bits per heavy atom. The van der Waals surface area contributed by atoms with Crippen LogP contribution in [0.15, 0.2) is 18.2 Å². The van der Waals surface area contributed by atoms with Crippen molar-refractivity contribution in [3.63, 3.8) is 0 Å². The number of hydrogen-bond acceptors (Lipinski definition) is 2. The number of hydrogen-bond donors (Lipinski definition) is 0. The third kappa shape index (κ3) is 1.17. The molecule has 12 heavy (non-hydrogen) atoms. The van der Waals surface area contributed by atoms with E-state index in [2.05, 4.69) is 0 Å². The standard InChI is InChI=1S/C9H10ClNO/c1-12-11-5-4-7-6-8(10)2-3-9(7)11/h2-3,6H,4-5H2,1H3. The zero-order valence-electron chi connectivity index (χ0n) is 6.88. The lowest BCUT2D eigenvalue weighted by Crippen LogP contribution is -2.17. The molecule has 0 aromatic heterocycles. The molecule has 0 atom stereocenters. The molecule has 1 heterocycles. The highest BCUT2D eigenvalue weighted by Crippen LogP contribution is 2.29. The number of hydroxylamine groups is 1. The Balaban J connectivity index is 2.40. The summed E-state index contributed by atoms with van der Waals surface area (Å²) in [6.45, 7) is 0.923. The van der Waals surface area contributed by atoms with Crippen LogP contribution in [-0.4, -0.2) is 13.7 Å². The first-order valence-corrected chi connectivity index (χ1v) is 4.29. The lowest BCUT2D eigenvalue weighted by atomic mass is 10.2. The number of halogens is 1. The maximum atomic E-state index is 5.85. The second-order valence-electron chi connectivity index (χ2n) is 2.81. The van der Waals surface area contributed by atoms with Gasteiger partial charge in [0.05, 0.1) is 12.8 Å². The summed E-state index contributed by atoms with van der Waals surface area (Å²) in [4.78, 5) is 5.17. The fourth-order valence-electron chi connectivity index (χ4n) is 1.53. The molecule has 0 bridgehead atoms. The third-order valence-electron chi connectivity index (χ3n) is 2.11. The minimum absolute atomic E-state index is 0.798. The van der Waals surface area contributed by atoms with E-state index in [-0.39, 0.29) is 0 Å². The van der Waals surface area contributed by atoms with Crippen molar-refractivity contribution in [1.29, 1.82) is 0 Å². The number of rotatable bonds is 1. The predicted molar refractivity (Wildman–Crippen MR) is 49.5 cm³/mol. The molecular formula is C9H10ClNO. The molecule has 2 rings (SSSR count). The van der Waals surface area contributed by atoms with Crippen LogP contribution >= 0.6 is 11.6 Å². The monoisotopic (exact) mass is 183 g/mol. The van der Waals surface area contributed by atoms with Gasteiger partial charge >= 0.3 is 0 Å². The molecular weight excluding hydrogens is 174 g/mol. The van der Waals surface area contributed by atoms with Crippen LogP contribution in [0.1, 0.15) is 5.56 Å². The van der Waals surface area contributed by atoms with Crippen LogP contribution in [0.3, 0.4) is 0 Å². The average Bonchev–Trinajstić information content (AvgIpc) is 2.46. The molecule has 0 saturated heterocycles. The van der Waals surface area contributed by atoms with Crippen LogP contribution in [-0.2, 0) is 11.3 Å². The number of benzene rings is 1. The Morgan fingerprint density at radius 1 is 1.50 bits per heavy atom. The van der Waals surface area contributed by atoms with E-state index in [1.165, 1.54) is 5.56 Å². The van der Waals surface area contributed by atoms with E-state index in [1.54, 1.807) is 7.11 Å². The van der Waals surface area contributed by atoms with Gasteiger partial charge in [-0.3, -0.25) is 9.90 Å². The average molecular weight is 184 g/mol. The zero-order chi connectivity index (χ0) is 8.55. The molecule has 0 unspecified atom stereocenters. The van der Waals surface area contributed by atoms with E-state index in [4.69, 9.17) is 16.4 Å². The summed E-state index contributed by atoms with van der Waals surface area (Å²) < 4.78 is 0. The Morgan fingerprint density at radius 3 is 3.08 bits per heavy atom. The number of nitrogens with zero attached hydrogens (tertiary/aromatic N) is 1. The van der Waals surface area contributed by atoms with Crippen molar-refractivity contribution in [3.8, 4) is 0 Å². The predicted octanol–water partition coefficient (Wildman–Crippen LogP) is 2.26. The SMILES string of the molecule is CON1CCc2cc(Cl)ccc21. The van der Waals surface area contributed by atoms with Crippen LogP contribution < -0.4 is 5.06 Å². The Labute approximate surface area is 76.7 Å². The summed E-state index contributed by atoms with van der Waals surface area (Å²) in [6.07, 6.45) is 1.02. The topological polar surface area (TPSA) is 12.5 Å². The van der Waals surface area contributed by atoms with E-state index in [0.717, 1.165) is 23.7 Å². The van der Waals surface area contributed by atoms with Crippen LogP contribution in [0, 0.1) is 0 Å². The lowest BCUT2D eigenvalue weighted by molar-refractivity contribution is 0.174. The van der Waals surface area contributed by atoms with E-state index in [0.29, 0.717) is 0 Å². The van der Waals surface area contributed by atoms with Gasteiger partial charge in [-0.2, -0.15) is 0 Å². The summed E-state index contributed by atoms with van der Waals surface area (Å²) in [7, 11) is 1.68. The second-order valence-corrected chi connectivity index (χ2v) is 3.24. The van der Waals surface area contributed by atoms with Crippen molar-refractivity contribution in [2.24, 2.45) is 0 Å². The van der Waals surface area contributed by atoms with Crippen molar-refractivity contribution in [1.82, 2.24) is 0 Å². The van der Waals surface area contributed by atoms with Gasteiger partial charge in [0.1, 0.15) is 0 Å². The summed E-state index contributed by atoms with van der Waals surface area (Å²) in [5.74, 6) is 0. The Bertz CT molecular complexity index is 301. The van der Waals surface area contributed by atoms with Crippen LogP contribution in [0.2, 0.25) is 5.02 Å². The van der Waals surface area contributed by atoms with Crippen molar-refractivity contribution >= 4 is 17.3 Å². The fraction of sp³-hybridized carbons (Fsp3) is 0.333. The number of anilines is 1. The van der Waals surface area contributed by atoms with Gasteiger partial charge in [0.15, 0.2) is 0 Å². The van der Waals surface area contributed by atoms with Gasteiger partial charge in [-0.15, -0.1) is 0 Å². The number of fused-ring (bicyclic) bond motifs is 1. The normalized spacial score (nSPS) is 15.0. The Kier molecular flexibility index (Phi) is 1.95. The molecule has 3 heteroatoms. The third-order valence-corrected chi connectivity index (χ3v) is 2.35. The molecule has 1 aromatic rings. The first kappa shape index (κ1) is 7.90. The molecule has 2 nitrogen and oxygen atoms in total. The van der Waals surface area contributed by atoms with Crippen LogP contribution in [0.5, 0.6) is 0 Å². The first-order valence-electron chi connectivity index (χ1n) is 3.91. The molecule has 0 N–H and O–H groups in total. The summed E-state index contributed by atoms with van der Waals surface area (Å²) in [5.41, 5.74) is 2.41. The molecule has 1 aliphatic heterocycles. The molecule has 0 aliphatic carbocycles. The minimum Gasteiger partial charge on any atom is -0.277 e. The highest BCUT2D eigenvalue weighted by atomic mass is 35.5. The van der Waals surface area contributed by atoms with Gasteiger partial charge in [0.25, 0.3) is 0 Å². The second kappa shape index (κ2) is 2.96. The van der Waals surface area contributed by atoms with Gasteiger partial charge in [-0.1, -0.05) is 11.6 Å². The van der Waals surface area contributed by atoms with Crippen molar-refractivity contribution in [2.75, 3.05) is 18.7 Å². The molecule has 0 amide bonds. The molecule has 1 aliphatic rings. The molecule has 64 valence electrons. The van der Waals surface area contributed by atoms with Crippen molar-refractivity contribution < 1.29 is 4.84 Å². The minimum atomic E-state index is 0.798. The van der Waals surface area contributed by atoms with E-state index < -0.39 is 0 Å². The van der Waals surface area contributed by atoms with Gasteiger partial charge in [0.2, 0.25) is 0 Å². The molecule has 0 fully saturated rings. The van der Waals surface area contributed by atoms with Gasteiger partial charge in [0, 0.05) is 11.6 Å². The van der Waals surface area contributed by atoms with Crippen molar-refractivity contribution in [2.45, 2.75) is 6.42 Å². The lowest BCUT2D eigenvalue weighted by Gasteiger charge is -2.14. The summed E-state index contributed by atoms with van der Waals surface area (Å²) >= 11 is 5.85. The zero-order valence-corrected chi connectivity index (χ0v) is 7.64. The van der Waals surface area contributed by atoms with E-state index in [9.17, 15) is 0 Å².